The number of amides is 2. The van der Waals surface area contributed by atoms with E-state index in [1.165, 1.54) is 6.92 Å². The molecule has 1 saturated heterocycles. The molecular weight excluding hydrogens is 430 g/mol. The quantitative estimate of drug-likeness (QED) is 0.530. The predicted octanol–water partition coefficient (Wildman–Crippen LogP) is 2.41. The lowest BCUT2D eigenvalue weighted by atomic mass is 10.0. The number of benzene rings is 3. The molecule has 3 aromatic rings. The number of nitrogens with one attached hydrogen (secondary N) is 1. The molecule has 7 heteroatoms. The van der Waals surface area contributed by atoms with Crippen molar-refractivity contribution in [1.82, 2.24) is 10.2 Å². The molecule has 0 radical (unpaired) electrons. The van der Waals surface area contributed by atoms with E-state index >= 15 is 0 Å². The summed E-state index contributed by atoms with van der Waals surface area (Å²) in [4.78, 5) is 41.0. The van der Waals surface area contributed by atoms with Gasteiger partial charge < -0.3 is 20.2 Å². The Balaban J connectivity index is 1.33. The van der Waals surface area contributed by atoms with E-state index < -0.39 is 12.6 Å². The Labute approximate surface area is 199 Å². The number of hydrogen-bond donors (Lipinski definition) is 2. The highest BCUT2D eigenvalue weighted by Gasteiger charge is 2.28. The molecule has 0 unspecified atom stereocenters. The van der Waals surface area contributed by atoms with Crippen molar-refractivity contribution in [2.75, 3.05) is 37.7 Å². The second-order valence-corrected chi connectivity index (χ2v) is 8.53. The van der Waals surface area contributed by atoms with Crippen LogP contribution in [0.1, 0.15) is 22.8 Å². The summed E-state index contributed by atoms with van der Waals surface area (Å²) >= 11 is 0. The van der Waals surface area contributed by atoms with Gasteiger partial charge in [-0.1, -0.05) is 42.5 Å². The van der Waals surface area contributed by atoms with Crippen LogP contribution in [0, 0.1) is 0 Å². The van der Waals surface area contributed by atoms with E-state index in [4.69, 9.17) is 0 Å². The van der Waals surface area contributed by atoms with Crippen molar-refractivity contribution in [3.05, 3.63) is 77.9 Å². The molecule has 0 saturated carbocycles. The minimum absolute atomic E-state index is 0.0273. The summed E-state index contributed by atoms with van der Waals surface area (Å²) in [6.45, 7) is 3.33. The zero-order valence-electron chi connectivity index (χ0n) is 19.2. The molecule has 1 atom stereocenters. The third-order valence-corrected chi connectivity index (χ3v) is 6.28. The van der Waals surface area contributed by atoms with Crippen molar-refractivity contribution in [1.29, 1.82) is 0 Å². The van der Waals surface area contributed by atoms with Crippen LogP contribution in [0.5, 0.6) is 0 Å². The molecule has 2 amide bonds. The molecule has 0 bridgehead atoms. The Morgan fingerprint density at radius 1 is 0.912 bits per heavy atom. The summed E-state index contributed by atoms with van der Waals surface area (Å²) in [7, 11) is 0. The number of rotatable bonds is 7. The van der Waals surface area contributed by atoms with E-state index in [-0.39, 0.29) is 24.0 Å². The number of aliphatic hydroxyl groups excluding tert-OH is 1. The fourth-order valence-electron chi connectivity index (χ4n) is 4.36. The van der Waals surface area contributed by atoms with Crippen LogP contribution in [0.25, 0.3) is 10.8 Å². The Morgan fingerprint density at radius 3 is 2.26 bits per heavy atom. The van der Waals surface area contributed by atoms with E-state index in [1.54, 1.807) is 4.90 Å². The molecule has 176 valence electrons. The van der Waals surface area contributed by atoms with E-state index in [2.05, 4.69) is 10.2 Å². The molecule has 3 aromatic carbocycles. The molecule has 0 aliphatic carbocycles. The number of Topliss-reactive ketones (excluding diaryl/α,β-unsaturated/α-hetero) is 1. The predicted molar refractivity (Wildman–Crippen MR) is 132 cm³/mol. The number of fused-ring (bicyclic) bond motifs is 1. The molecule has 0 aromatic heterocycles. The fraction of sp³-hybridized carbons (Fsp3) is 0.296. The molecule has 34 heavy (non-hydrogen) atoms. The van der Waals surface area contributed by atoms with Crippen LogP contribution in [0.3, 0.4) is 0 Å². The topological polar surface area (TPSA) is 90.0 Å². The van der Waals surface area contributed by atoms with Gasteiger partial charge >= 0.3 is 0 Å². The minimum atomic E-state index is -0.969. The standard InChI is InChI=1S/C27H29N3O4/c1-19(32)20-9-11-23(12-10-20)29-13-15-30(16-14-29)27(34)25(18-31)28-26(33)17-22-7-4-6-21-5-2-3-8-24(21)22/h2-12,25,31H,13-18H2,1H3,(H,28,33)/t25-/m0/s1. The van der Waals surface area contributed by atoms with E-state index in [0.717, 1.165) is 22.0 Å². The van der Waals surface area contributed by atoms with Gasteiger partial charge in [0.05, 0.1) is 13.0 Å². The number of nitrogens with zero attached hydrogens (tertiary/aromatic N) is 2. The summed E-state index contributed by atoms with van der Waals surface area (Å²) in [5.74, 6) is -0.548. The van der Waals surface area contributed by atoms with Gasteiger partial charge in [-0.15, -0.1) is 0 Å². The third kappa shape index (κ3) is 5.26. The number of anilines is 1. The zero-order chi connectivity index (χ0) is 24.1. The first kappa shape index (κ1) is 23.4. The molecular formula is C27H29N3O4. The lowest BCUT2D eigenvalue weighted by Gasteiger charge is -2.37. The summed E-state index contributed by atoms with van der Waals surface area (Å²) in [6.07, 6.45) is 0.134. The maximum atomic E-state index is 13.0. The van der Waals surface area contributed by atoms with Gasteiger partial charge in [0.2, 0.25) is 11.8 Å². The van der Waals surface area contributed by atoms with Gasteiger partial charge in [-0.05, 0) is 47.5 Å². The lowest BCUT2D eigenvalue weighted by Crippen LogP contribution is -2.56. The van der Waals surface area contributed by atoms with Crippen LogP contribution >= 0.6 is 0 Å². The number of ketones is 1. The average molecular weight is 460 g/mol. The number of aliphatic hydroxyl groups is 1. The van der Waals surface area contributed by atoms with E-state index in [0.29, 0.717) is 31.7 Å². The highest BCUT2D eigenvalue weighted by molar-refractivity contribution is 5.94. The molecule has 1 heterocycles. The summed E-state index contributed by atoms with van der Waals surface area (Å²) < 4.78 is 0. The second kappa shape index (κ2) is 10.5. The molecule has 0 spiro atoms. The van der Waals surface area contributed by atoms with Crippen molar-refractivity contribution in [3.8, 4) is 0 Å². The number of piperazine rings is 1. The van der Waals surface area contributed by atoms with Crippen LogP contribution in [0.15, 0.2) is 66.7 Å². The van der Waals surface area contributed by atoms with Crippen molar-refractivity contribution in [2.24, 2.45) is 0 Å². The van der Waals surface area contributed by atoms with Gasteiger partial charge in [0.25, 0.3) is 0 Å². The van der Waals surface area contributed by atoms with Gasteiger partial charge in [0.1, 0.15) is 6.04 Å². The zero-order valence-corrected chi connectivity index (χ0v) is 19.2. The van der Waals surface area contributed by atoms with Crippen LogP contribution in [0.2, 0.25) is 0 Å². The highest BCUT2D eigenvalue weighted by Crippen LogP contribution is 2.20. The summed E-state index contributed by atoms with van der Waals surface area (Å²) in [6, 6.07) is 20.1. The van der Waals surface area contributed by atoms with Gasteiger partial charge in [0.15, 0.2) is 5.78 Å². The van der Waals surface area contributed by atoms with Crippen molar-refractivity contribution in [3.63, 3.8) is 0 Å². The van der Waals surface area contributed by atoms with Crippen LogP contribution in [0.4, 0.5) is 5.69 Å². The molecule has 1 aliphatic rings. The van der Waals surface area contributed by atoms with Gasteiger partial charge in [0, 0.05) is 37.4 Å². The second-order valence-electron chi connectivity index (χ2n) is 8.53. The Bertz CT molecular complexity index is 1180. The summed E-state index contributed by atoms with van der Waals surface area (Å²) in [5.41, 5.74) is 2.55. The first-order valence-corrected chi connectivity index (χ1v) is 11.5. The van der Waals surface area contributed by atoms with Gasteiger partial charge in [-0.25, -0.2) is 0 Å². The Hall–Kier alpha value is -3.71. The largest absolute Gasteiger partial charge is 0.394 e. The van der Waals surface area contributed by atoms with Crippen molar-refractivity contribution in [2.45, 2.75) is 19.4 Å². The smallest absolute Gasteiger partial charge is 0.247 e. The molecule has 4 rings (SSSR count). The highest BCUT2D eigenvalue weighted by atomic mass is 16.3. The third-order valence-electron chi connectivity index (χ3n) is 6.28. The van der Waals surface area contributed by atoms with Crippen molar-refractivity contribution < 1.29 is 19.5 Å². The van der Waals surface area contributed by atoms with E-state index in [1.807, 2.05) is 66.7 Å². The Morgan fingerprint density at radius 2 is 1.59 bits per heavy atom. The average Bonchev–Trinajstić information content (AvgIpc) is 2.87. The Kier molecular flexibility index (Phi) is 7.23. The molecule has 7 nitrogen and oxygen atoms in total. The van der Waals surface area contributed by atoms with Crippen LogP contribution < -0.4 is 10.2 Å². The molecule has 2 N–H and O–H groups in total. The maximum Gasteiger partial charge on any atom is 0.247 e. The number of carbonyl (C=O) groups is 3. The number of carbonyl (C=O) groups excluding carboxylic acids is 3. The molecule has 1 aliphatic heterocycles. The van der Waals surface area contributed by atoms with Crippen LogP contribution in [-0.2, 0) is 16.0 Å². The monoisotopic (exact) mass is 459 g/mol. The van der Waals surface area contributed by atoms with Crippen LogP contribution in [-0.4, -0.2) is 66.4 Å². The minimum Gasteiger partial charge on any atom is -0.394 e. The first-order valence-electron chi connectivity index (χ1n) is 11.5. The first-order chi connectivity index (χ1) is 16.5. The maximum absolute atomic E-state index is 13.0. The lowest BCUT2D eigenvalue weighted by molar-refractivity contribution is -0.137. The summed E-state index contributed by atoms with van der Waals surface area (Å²) in [5, 5.41) is 14.6. The van der Waals surface area contributed by atoms with Gasteiger partial charge in [-0.2, -0.15) is 0 Å². The fourth-order valence-corrected chi connectivity index (χ4v) is 4.36. The molecule has 1 fully saturated rings. The number of hydrogen-bond acceptors (Lipinski definition) is 5. The normalized spacial score (nSPS) is 14.6. The SMILES string of the molecule is CC(=O)c1ccc(N2CCN(C(=O)[C@H](CO)NC(=O)Cc3cccc4ccccc34)CC2)cc1. The van der Waals surface area contributed by atoms with Crippen molar-refractivity contribution >= 4 is 34.1 Å². The van der Waals surface area contributed by atoms with E-state index in [9.17, 15) is 19.5 Å². The van der Waals surface area contributed by atoms with Gasteiger partial charge in [-0.3, -0.25) is 14.4 Å².